The van der Waals surface area contributed by atoms with E-state index in [1.807, 2.05) is 0 Å². The van der Waals surface area contributed by atoms with Crippen molar-refractivity contribution in [1.29, 1.82) is 0 Å². The van der Waals surface area contributed by atoms with Gasteiger partial charge >= 0.3 is 5.97 Å². The minimum absolute atomic E-state index is 0.0258. The van der Waals surface area contributed by atoms with E-state index in [0.29, 0.717) is 0 Å². The van der Waals surface area contributed by atoms with Crippen LogP contribution in [0.1, 0.15) is 20.0 Å². The second-order valence-corrected chi connectivity index (χ2v) is 4.21. The lowest BCUT2D eigenvalue weighted by Gasteiger charge is -2.04. The molecule has 2 heterocycles. The van der Waals surface area contributed by atoms with Gasteiger partial charge in [0.05, 0.1) is 5.69 Å². The van der Waals surface area contributed by atoms with Crippen LogP contribution in [0.4, 0.5) is 10.1 Å². The first-order valence-corrected chi connectivity index (χ1v) is 5.69. The molecule has 0 fully saturated rings. The van der Waals surface area contributed by atoms with Crippen molar-refractivity contribution in [1.82, 2.24) is 4.98 Å². The minimum atomic E-state index is -1.12. The van der Waals surface area contributed by atoms with Crippen molar-refractivity contribution in [3.63, 3.8) is 0 Å². The molecular formula is C11H7FN2O3S. The molecule has 0 unspecified atom stereocenters. The average molecular weight is 266 g/mol. The van der Waals surface area contributed by atoms with Crippen LogP contribution in [-0.2, 0) is 0 Å². The third-order valence-corrected chi connectivity index (χ3v) is 3.00. The molecular weight excluding hydrogens is 259 g/mol. The van der Waals surface area contributed by atoms with Crippen LogP contribution in [0.25, 0.3) is 0 Å². The average Bonchev–Trinajstić information content (AvgIpc) is 2.77. The van der Waals surface area contributed by atoms with Crippen molar-refractivity contribution in [2.45, 2.75) is 0 Å². The number of carbonyl (C=O) groups excluding carboxylic acids is 1. The monoisotopic (exact) mass is 266 g/mol. The van der Waals surface area contributed by atoms with Crippen LogP contribution in [0.3, 0.4) is 0 Å². The number of thiophene rings is 1. The van der Waals surface area contributed by atoms with E-state index in [4.69, 9.17) is 5.11 Å². The van der Waals surface area contributed by atoms with E-state index < -0.39 is 17.8 Å². The Kier molecular flexibility index (Phi) is 3.33. The van der Waals surface area contributed by atoms with Crippen molar-refractivity contribution in [3.05, 3.63) is 46.2 Å². The Morgan fingerprint density at radius 3 is 2.83 bits per heavy atom. The van der Waals surface area contributed by atoms with E-state index in [1.54, 1.807) is 5.38 Å². The third kappa shape index (κ3) is 2.51. The fraction of sp³-hybridized carbons (Fsp3) is 0. The molecule has 1 amide bonds. The van der Waals surface area contributed by atoms with Gasteiger partial charge in [-0.1, -0.05) is 0 Å². The number of pyridine rings is 1. The third-order valence-electron chi connectivity index (χ3n) is 2.10. The smallest absolute Gasteiger partial charge is 0.348 e. The van der Waals surface area contributed by atoms with Gasteiger partial charge in [0.1, 0.15) is 4.88 Å². The number of halogens is 1. The Balaban J connectivity index is 2.21. The SMILES string of the molecule is O=C(Nc1ccsc1C(=O)O)c1ccnc(F)c1. The number of rotatable bonds is 3. The second-order valence-electron chi connectivity index (χ2n) is 3.29. The Bertz CT molecular complexity index is 612. The first-order valence-electron chi connectivity index (χ1n) is 4.81. The quantitative estimate of drug-likeness (QED) is 0.835. The summed E-state index contributed by atoms with van der Waals surface area (Å²) in [5, 5.41) is 12.8. The summed E-state index contributed by atoms with van der Waals surface area (Å²) < 4.78 is 12.8. The Hall–Kier alpha value is -2.28. The van der Waals surface area contributed by atoms with E-state index in [-0.39, 0.29) is 16.1 Å². The number of hydrogen-bond donors (Lipinski definition) is 2. The Labute approximate surface area is 105 Å². The largest absolute Gasteiger partial charge is 0.477 e. The molecule has 0 aromatic carbocycles. The summed E-state index contributed by atoms with van der Waals surface area (Å²) in [5.41, 5.74) is 0.264. The van der Waals surface area contributed by atoms with Gasteiger partial charge in [-0.2, -0.15) is 4.39 Å². The highest BCUT2D eigenvalue weighted by Crippen LogP contribution is 2.22. The highest BCUT2D eigenvalue weighted by molar-refractivity contribution is 7.12. The highest BCUT2D eigenvalue weighted by Gasteiger charge is 2.15. The van der Waals surface area contributed by atoms with Crippen LogP contribution >= 0.6 is 11.3 Å². The normalized spacial score (nSPS) is 10.1. The van der Waals surface area contributed by atoms with Gasteiger partial charge in [0.2, 0.25) is 5.95 Å². The number of aromatic nitrogens is 1. The zero-order valence-corrected chi connectivity index (χ0v) is 9.70. The van der Waals surface area contributed by atoms with E-state index in [2.05, 4.69) is 10.3 Å². The van der Waals surface area contributed by atoms with Crippen molar-refractivity contribution in [3.8, 4) is 0 Å². The van der Waals surface area contributed by atoms with Gasteiger partial charge < -0.3 is 10.4 Å². The number of nitrogens with one attached hydrogen (secondary N) is 1. The van der Waals surface area contributed by atoms with Crippen LogP contribution in [0, 0.1) is 5.95 Å². The Morgan fingerprint density at radius 2 is 2.17 bits per heavy atom. The molecule has 0 radical (unpaired) electrons. The maximum absolute atomic E-state index is 12.8. The lowest BCUT2D eigenvalue weighted by atomic mass is 10.2. The summed E-state index contributed by atoms with van der Waals surface area (Å²) in [6.45, 7) is 0. The van der Waals surface area contributed by atoms with Crippen LogP contribution in [0.15, 0.2) is 29.8 Å². The first-order chi connectivity index (χ1) is 8.58. The topological polar surface area (TPSA) is 79.3 Å². The molecule has 0 atom stereocenters. The summed E-state index contributed by atoms with van der Waals surface area (Å²) in [6.07, 6.45) is 1.16. The summed E-state index contributed by atoms with van der Waals surface area (Å²) in [6, 6.07) is 3.79. The summed E-state index contributed by atoms with van der Waals surface area (Å²) in [5.74, 6) is -2.48. The molecule has 2 rings (SSSR count). The lowest BCUT2D eigenvalue weighted by molar-refractivity contribution is 0.0703. The van der Waals surface area contributed by atoms with Gasteiger partial charge in [-0.25, -0.2) is 9.78 Å². The fourth-order valence-corrected chi connectivity index (χ4v) is 2.00. The standard InChI is InChI=1S/C11H7FN2O3S/c12-8-5-6(1-3-13-8)10(15)14-7-2-4-18-9(7)11(16)17/h1-5H,(H,14,15)(H,16,17). The maximum Gasteiger partial charge on any atom is 0.348 e. The van der Waals surface area contributed by atoms with Crippen molar-refractivity contribution in [2.24, 2.45) is 0 Å². The molecule has 2 aromatic rings. The van der Waals surface area contributed by atoms with E-state index in [0.717, 1.165) is 23.6 Å². The van der Waals surface area contributed by atoms with Crippen LogP contribution < -0.4 is 5.32 Å². The van der Waals surface area contributed by atoms with Crippen molar-refractivity contribution < 1.29 is 19.1 Å². The molecule has 7 heteroatoms. The second kappa shape index (κ2) is 4.92. The van der Waals surface area contributed by atoms with Gasteiger partial charge in [-0.15, -0.1) is 11.3 Å². The number of anilines is 1. The molecule has 2 aromatic heterocycles. The number of carboxylic acids is 1. The van der Waals surface area contributed by atoms with Gasteiger partial charge in [-0.05, 0) is 17.5 Å². The minimum Gasteiger partial charge on any atom is -0.477 e. The van der Waals surface area contributed by atoms with Gasteiger partial charge in [-0.3, -0.25) is 4.79 Å². The molecule has 0 saturated heterocycles. The number of hydrogen-bond acceptors (Lipinski definition) is 4. The number of aromatic carboxylic acids is 1. The van der Waals surface area contributed by atoms with Crippen LogP contribution in [-0.4, -0.2) is 22.0 Å². The molecule has 0 spiro atoms. The summed E-state index contributed by atoms with van der Waals surface area (Å²) in [7, 11) is 0. The highest BCUT2D eigenvalue weighted by atomic mass is 32.1. The molecule has 18 heavy (non-hydrogen) atoms. The first kappa shape index (κ1) is 12.2. The number of carboxylic acid groups (broad SMARTS) is 1. The summed E-state index contributed by atoms with van der Waals surface area (Å²) in [4.78, 5) is 25.9. The van der Waals surface area contributed by atoms with Gasteiger partial charge in [0, 0.05) is 17.8 Å². The fourth-order valence-electron chi connectivity index (χ4n) is 1.31. The lowest BCUT2D eigenvalue weighted by Crippen LogP contribution is -2.13. The zero-order valence-electron chi connectivity index (χ0n) is 8.88. The molecule has 0 saturated carbocycles. The van der Waals surface area contributed by atoms with Crippen molar-refractivity contribution in [2.75, 3.05) is 5.32 Å². The molecule has 92 valence electrons. The van der Waals surface area contributed by atoms with Gasteiger partial charge in [0.25, 0.3) is 5.91 Å². The molecule has 0 aliphatic carbocycles. The van der Waals surface area contributed by atoms with Crippen molar-refractivity contribution >= 4 is 28.9 Å². The summed E-state index contributed by atoms with van der Waals surface area (Å²) >= 11 is 0.997. The van der Waals surface area contributed by atoms with E-state index >= 15 is 0 Å². The van der Waals surface area contributed by atoms with E-state index in [1.165, 1.54) is 12.1 Å². The molecule has 2 N–H and O–H groups in total. The number of carbonyl (C=O) groups is 2. The van der Waals surface area contributed by atoms with Crippen LogP contribution in [0.5, 0.6) is 0 Å². The molecule has 0 aliphatic heterocycles. The number of nitrogens with zero attached hydrogens (tertiary/aromatic N) is 1. The predicted octanol–water partition coefficient (Wildman–Crippen LogP) is 2.23. The van der Waals surface area contributed by atoms with Gasteiger partial charge in [0.15, 0.2) is 0 Å². The predicted molar refractivity (Wildman–Crippen MR) is 63.4 cm³/mol. The number of amides is 1. The van der Waals surface area contributed by atoms with E-state index in [9.17, 15) is 14.0 Å². The molecule has 5 nitrogen and oxygen atoms in total. The molecule has 0 aliphatic rings. The zero-order chi connectivity index (χ0) is 13.1. The van der Waals surface area contributed by atoms with Crippen LogP contribution in [0.2, 0.25) is 0 Å². The Morgan fingerprint density at radius 1 is 1.39 bits per heavy atom. The molecule has 0 bridgehead atoms. The maximum atomic E-state index is 12.8.